The van der Waals surface area contributed by atoms with Gasteiger partial charge >= 0.3 is 5.97 Å². The Morgan fingerprint density at radius 2 is 2.17 bits per heavy atom. The molecule has 0 aliphatic rings. The Kier molecular flexibility index (Phi) is 5.27. The molecule has 0 amide bonds. The molecule has 0 saturated heterocycles. The van der Waals surface area contributed by atoms with Gasteiger partial charge in [-0.2, -0.15) is 0 Å². The van der Waals surface area contributed by atoms with Crippen LogP contribution in [0.1, 0.15) is 23.2 Å². The van der Waals surface area contributed by atoms with Crippen molar-refractivity contribution in [3.8, 4) is 5.75 Å². The van der Waals surface area contributed by atoms with Gasteiger partial charge in [-0.25, -0.2) is 8.78 Å². The molecule has 0 fully saturated rings. The molecule has 0 radical (unpaired) electrons. The predicted molar refractivity (Wildman–Crippen MR) is 61.0 cm³/mol. The van der Waals surface area contributed by atoms with Crippen LogP contribution in [-0.2, 0) is 21.8 Å². The highest BCUT2D eigenvalue weighted by Gasteiger charge is 2.24. The molecule has 0 saturated carbocycles. The van der Waals surface area contributed by atoms with Crippen molar-refractivity contribution >= 4 is 17.6 Å². The second-order valence-corrected chi connectivity index (χ2v) is 3.62. The quantitative estimate of drug-likeness (QED) is 0.614. The van der Waals surface area contributed by atoms with Crippen molar-refractivity contribution in [2.24, 2.45) is 0 Å². The highest BCUT2D eigenvalue weighted by Crippen LogP contribution is 2.32. The number of aromatic nitrogens is 1. The first-order valence-electron chi connectivity index (χ1n) is 5.00. The Labute approximate surface area is 108 Å². The molecule has 0 atom stereocenters. The molecule has 1 aromatic heterocycles. The minimum Gasteiger partial charge on any atom is -0.495 e. The van der Waals surface area contributed by atoms with Crippen molar-refractivity contribution in [3.63, 3.8) is 0 Å². The van der Waals surface area contributed by atoms with Gasteiger partial charge < -0.3 is 9.47 Å². The first kappa shape index (κ1) is 14.6. The maximum atomic E-state index is 13.0. The number of rotatable bonds is 5. The summed E-state index contributed by atoms with van der Waals surface area (Å²) in [6.07, 6.45) is -1.84. The zero-order chi connectivity index (χ0) is 13.7. The first-order valence-corrected chi connectivity index (χ1v) is 5.54. The van der Waals surface area contributed by atoms with Gasteiger partial charge in [0.2, 0.25) is 0 Å². The molecule has 0 aromatic carbocycles. The predicted octanol–water partition coefficient (Wildman–Crippen LogP) is 2.48. The van der Waals surface area contributed by atoms with Crippen molar-refractivity contribution in [2.75, 3.05) is 14.2 Å². The summed E-state index contributed by atoms with van der Waals surface area (Å²) in [7, 11) is 2.49. The molecule has 18 heavy (non-hydrogen) atoms. The van der Waals surface area contributed by atoms with Crippen molar-refractivity contribution in [1.82, 2.24) is 4.98 Å². The molecule has 0 bridgehead atoms. The number of esters is 1. The summed E-state index contributed by atoms with van der Waals surface area (Å²) in [5.74, 6) is -0.691. The largest absolute Gasteiger partial charge is 0.495 e. The summed E-state index contributed by atoms with van der Waals surface area (Å²) in [6.45, 7) is 0. The van der Waals surface area contributed by atoms with Gasteiger partial charge in [0.15, 0.2) is 0 Å². The van der Waals surface area contributed by atoms with Crippen LogP contribution in [0.25, 0.3) is 0 Å². The lowest BCUT2D eigenvalue weighted by atomic mass is 10.0. The molecule has 100 valence electrons. The van der Waals surface area contributed by atoms with E-state index in [0.717, 1.165) is 0 Å². The van der Waals surface area contributed by atoms with Gasteiger partial charge in [0.25, 0.3) is 6.43 Å². The zero-order valence-electron chi connectivity index (χ0n) is 9.87. The molecule has 0 aliphatic heterocycles. The van der Waals surface area contributed by atoms with Gasteiger partial charge in [-0.15, -0.1) is 11.6 Å². The third-order valence-electron chi connectivity index (χ3n) is 2.38. The zero-order valence-corrected chi connectivity index (χ0v) is 10.6. The van der Waals surface area contributed by atoms with Crippen molar-refractivity contribution < 1.29 is 23.0 Å². The lowest BCUT2D eigenvalue weighted by Gasteiger charge is -2.15. The number of pyridine rings is 1. The fourth-order valence-corrected chi connectivity index (χ4v) is 1.74. The van der Waals surface area contributed by atoms with Crippen molar-refractivity contribution in [2.45, 2.75) is 18.7 Å². The maximum Gasteiger partial charge on any atom is 0.310 e. The van der Waals surface area contributed by atoms with Crippen molar-refractivity contribution in [1.29, 1.82) is 0 Å². The summed E-state index contributed by atoms with van der Waals surface area (Å²) >= 11 is 5.56. The van der Waals surface area contributed by atoms with E-state index >= 15 is 0 Å². The van der Waals surface area contributed by atoms with Gasteiger partial charge in [0, 0.05) is 11.1 Å². The molecule has 4 nitrogen and oxygen atoms in total. The lowest BCUT2D eigenvalue weighted by molar-refractivity contribution is -0.139. The van der Waals surface area contributed by atoms with Gasteiger partial charge in [0.05, 0.1) is 38.4 Å². The van der Waals surface area contributed by atoms with E-state index in [4.69, 9.17) is 16.3 Å². The Balaban J connectivity index is 3.35. The van der Waals surface area contributed by atoms with E-state index in [-0.39, 0.29) is 34.9 Å². The van der Waals surface area contributed by atoms with Crippen LogP contribution in [0.15, 0.2) is 6.20 Å². The number of halogens is 3. The van der Waals surface area contributed by atoms with Crippen LogP contribution < -0.4 is 4.74 Å². The summed E-state index contributed by atoms with van der Waals surface area (Å²) < 4.78 is 35.5. The summed E-state index contributed by atoms with van der Waals surface area (Å²) in [5, 5.41) is 0. The topological polar surface area (TPSA) is 48.4 Å². The van der Waals surface area contributed by atoms with Crippen LogP contribution in [0.4, 0.5) is 8.78 Å². The van der Waals surface area contributed by atoms with Crippen LogP contribution in [-0.4, -0.2) is 25.2 Å². The van der Waals surface area contributed by atoms with Crippen LogP contribution in [0, 0.1) is 0 Å². The molecule has 1 rings (SSSR count). The van der Waals surface area contributed by atoms with E-state index in [1.165, 1.54) is 20.4 Å². The number of hydrogen-bond acceptors (Lipinski definition) is 4. The second kappa shape index (κ2) is 6.49. The van der Waals surface area contributed by atoms with E-state index in [1.54, 1.807) is 0 Å². The number of hydrogen-bond donors (Lipinski definition) is 0. The number of alkyl halides is 3. The number of carbonyl (C=O) groups is 1. The Hall–Kier alpha value is -1.43. The highest BCUT2D eigenvalue weighted by atomic mass is 35.5. The molecule has 7 heteroatoms. The number of nitrogens with zero attached hydrogens (tertiary/aromatic N) is 1. The molecular weight excluding hydrogens is 268 g/mol. The fourth-order valence-electron chi connectivity index (χ4n) is 1.53. The van der Waals surface area contributed by atoms with Gasteiger partial charge in [-0.05, 0) is 0 Å². The molecule has 0 aliphatic carbocycles. The number of ether oxygens (including phenoxy) is 2. The van der Waals surface area contributed by atoms with E-state index in [2.05, 4.69) is 9.72 Å². The van der Waals surface area contributed by atoms with Crippen LogP contribution >= 0.6 is 11.6 Å². The Morgan fingerprint density at radius 3 is 2.61 bits per heavy atom. The Morgan fingerprint density at radius 1 is 1.50 bits per heavy atom. The molecule has 0 spiro atoms. The summed E-state index contributed by atoms with van der Waals surface area (Å²) in [5.41, 5.74) is -0.272. The smallest absolute Gasteiger partial charge is 0.310 e. The maximum absolute atomic E-state index is 13.0. The number of carbonyl (C=O) groups excluding carboxylic acids is 1. The monoisotopic (exact) mass is 279 g/mol. The van der Waals surface area contributed by atoms with Crippen LogP contribution in [0.3, 0.4) is 0 Å². The summed E-state index contributed by atoms with van der Waals surface area (Å²) in [4.78, 5) is 15.0. The van der Waals surface area contributed by atoms with E-state index in [0.29, 0.717) is 0 Å². The summed E-state index contributed by atoms with van der Waals surface area (Å²) in [6, 6.07) is 0. The SMILES string of the molecule is COC(=O)Cc1c(OC)cnc(CCl)c1C(F)F. The van der Waals surface area contributed by atoms with Crippen molar-refractivity contribution in [3.05, 3.63) is 23.0 Å². The normalized spacial score (nSPS) is 10.6. The molecular formula is C11H12ClF2NO3. The molecule has 1 heterocycles. The van der Waals surface area contributed by atoms with Gasteiger partial charge in [0.1, 0.15) is 5.75 Å². The fraction of sp³-hybridized carbons (Fsp3) is 0.455. The first-order chi connectivity index (χ1) is 8.54. The van der Waals surface area contributed by atoms with Crippen LogP contribution in [0.5, 0.6) is 5.75 Å². The second-order valence-electron chi connectivity index (χ2n) is 3.35. The average molecular weight is 280 g/mol. The lowest BCUT2D eigenvalue weighted by Crippen LogP contribution is -2.11. The van der Waals surface area contributed by atoms with Gasteiger partial charge in [-0.1, -0.05) is 0 Å². The third-order valence-corrected chi connectivity index (χ3v) is 2.64. The average Bonchev–Trinajstić information content (AvgIpc) is 2.37. The van der Waals surface area contributed by atoms with E-state index in [9.17, 15) is 13.6 Å². The molecule has 0 N–H and O–H groups in total. The van der Waals surface area contributed by atoms with E-state index < -0.39 is 12.4 Å². The standard InChI is InChI=1S/C11H12ClF2NO3/c1-17-8-5-15-7(4-12)10(11(13)14)6(8)3-9(16)18-2/h5,11H,3-4H2,1-2H3. The molecule has 1 aromatic rings. The Bertz CT molecular complexity index is 441. The van der Waals surface area contributed by atoms with Crippen LogP contribution in [0.2, 0.25) is 0 Å². The minimum absolute atomic E-state index is 0.0337. The highest BCUT2D eigenvalue weighted by molar-refractivity contribution is 6.17. The minimum atomic E-state index is -2.79. The third kappa shape index (κ3) is 3.07. The number of methoxy groups -OCH3 is 2. The van der Waals surface area contributed by atoms with Gasteiger partial charge in [-0.3, -0.25) is 9.78 Å². The molecule has 0 unspecified atom stereocenters. The van der Waals surface area contributed by atoms with E-state index in [1.807, 2.05) is 0 Å².